The first kappa shape index (κ1) is 26.5. The molecular formula is C22H37IN4O3. The first-order valence-electron chi connectivity index (χ1n) is 10.2. The van der Waals surface area contributed by atoms with E-state index in [9.17, 15) is 4.79 Å². The van der Waals surface area contributed by atoms with Crippen LogP contribution >= 0.6 is 24.0 Å². The van der Waals surface area contributed by atoms with Gasteiger partial charge in [0, 0.05) is 38.7 Å². The molecule has 0 bridgehead atoms. The molecule has 1 unspecified atom stereocenters. The van der Waals surface area contributed by atoms with Gasteiger partial charge in [-0.05, 0) is 45.7 Å². The molecular weight excluding hydrogens is 495 g/mol. The predicted molar refractivity (Wildman–Crippen MR) is 132 cm³/mol. The van der Waals surface area contributed by atoms with Gasteiger partial charge in [-0.2, -0.15) is 0 Å². The number of rotatable bonds is 7. The number of amides is 1. The monoisotopic (exact) mass is 532 g/mol. The van der Waals surface area contributed by atoms with Crippen molar-refractivity contribution in [2.75, 3.05) is 40.4 Å². The van der Waals surface area contributed by atoms with E-state index in [0.29, 0.717) is 18.4 Å². The number of aliphatic imine (C=N–C) groups is 1. The van der Waals surface area contributed by atoms with Gasteiger partial charge in [0.1, 0.15) is 11.4 Å². The Labute approximate surface area is 198 Å². The maximum Gasteiger partial charge on any atom is 0.241 e. The van der Waals surface area contributed by atoms with Crippen LogP contribution in [0.25, 0.3) is 0 Å². The lowest BCUT2D eigenvalue weighted by atomic mass is 10.1. The zero-order valence-electron chi connectivity index (χ0n) is 19.1. The van der Waals surface area contributed by atoms with Crippen LogP contribution in [0.1, 0.15) is 38.3 Å². The summed E-state index contributed by atoms with van der Waals surface area (Å²) in [4.78, 5) is 18.2. The van der Waals surface area contributed by atoms with Crippen LogP contribution in [0.3, 0.4) is 0 Å². The molecule has 1 aliphatic heterocycles. The van der Waals surface area contributed by atoms with Crippen molar-refractivity contribution in [2.24, 2.45) is 10.9 Å². The number of halogens is 1. The molecule has 1 atom stereocenters. The van der Waals surface area contributed by atoms with Crippen molar-refractivity contribution >= 4 is 35.8 Å². The molecule has 0 radical (unpaired) electrons. The molecule has 2 N–H and O–H groups in total. The topological polar surface area (TPSA) is 75.2 Å². The number of guanidine groups is 1. The molecule has 1 amide bonds. The minimum absolute atomic E-state index is 0. The highest BCUT2D eigenvalue weighted by molar-refractivity contribution is 14.0. The van der Waals surface area contributed by atoms with E-state index < -0.39 is 0 Å². The second-order valence-electron chi connectivity index (χ2n) is 8.74. The highest BCUT2D eigenvalue weighted by Gasteiger charge is 2.17. The molecule has 0 spiro atoms. The highest BCUT2D eigenvalue weighted by atomic mass is 127. The van der Waals surface area contributed by atoms with Gasteiger partial charge in [0.05, 0.1) is 19.7 Å². The van der Waals surface area contributed by atoms with Gasteiger partial charge in [-0.15, -0.1) is 24.0 Å². The Morgan fingerprint density at radius 1 is 1.30 bits per heavy atom. The molecule has 1 aliphatic rings. The van der Waals surface area contributed by atoms with Crippen molar-refractivity contribution in [1.82, 2.24) is 15.5 Å². The van der Waals surface area contributed by atoms with E-state index in [4.69, 9.17) is 14.5 Å². The van der Waals surface area contributed by atoms with Gasteiger partial charge in [0.25, 0.3) is 0 Å². The number of benzene rings is 1. The average molecular weight is 532 g/mol. The van der Waals surface area contributed by atoms with E-state index in [2.05, 4.69) is 16.7 Å². The number of nitrogens with zero attached hydrogens (tertiary/aromatic N) is 2. The summed E-state index contributed by atoms with van der Waals surface area (Å²) >= 11 is 0. The number of aryl methyl sites for hydroxylation is 1. The fourth-order valence-corrected chi connectivity index (χ4v) is 2.86. The van der Waals surface area contributed by atoms with E-state index in [0.717, 1.165) is 43.1 Å². The molecule has 0 aromatic heterocycles. The summed E-state index contributed by atoms with van der Waals surface area (Å²) in [6, 6.07) is 6.15. The normalized spacial score (nSPS) is 16.6. The van der Waals surface area contributed by atoms with Crippen molar-refractivity contribution in [2.45, 2.75) is 46.3 Å². The van der Waals surface area contributed by atoms with E-state index in [1.54, 1.807) is 19.0 Å². The molecule has 1 aromatic carbocycles. The number of nitrogens with one attached hydrogen (secondary N) is 2. The maximum absolute atomic E-state index is 12.0. The summed E-state index contributed by atoms with van der Waals surface area (Å²) in [5.74, 6) is 1.92. The molecule has 30 heavy (non-hydrogen) atoms. The van der Waals surface area contributed by atoms with E-state index in [1.165, 1.54) is 0 Å². The fourth-order valence-electron chi connectivity index (χ4n) is 2.86. The van der Waals surface area contributed by atoms with Crippen LogP contribution in [0, 0.1) is 12.8 Å². The summed E-state index contributed by atoms with van der Waals surface area (Å²) in [7, 11) is 3.49. The number of carbonyl (C=O) groups is 1. The molecule has 1 saturated heterocycles. The van der Waals surface area contributed by atoms with Crippen LogP contribution < -0.4 is 15.4 Å². The van der Waals surface area contributed by atoms with Gasteiger partial charge >= 0.3 is 0 Å². The first-order chi connectivity index (χ1) is 13.6. The first-order valence-corrected chi connectivity index (χ1v) is 10.2. The van der Waals surface area contributed by atoms with Crippen molar-refractivity contribution in [3.63, 3.8) is 0 Å². The minimum atomic E-state index is -0.286. The Balaban J connectivity index is 0.00000450. The fraction of sp³-hybridized carbons (Fsp3) is 0.636. The Kier molecular flexibility index (Phi) is 10.9. The van der Waals surface area contributed by atoms with E-state index in [1.807, 2.05) is 39.8 Å². The lowest BCUT2D eigenvalue weighted by molar-refractivity contribution is -0.127. The summed E-state index contributed by atoms with van der Waals surface area (Å²) in [5.41, 5.74) is 1.87. The number of carbonyl (C=O) groups excluding carboxylic acids is 1. The van der Waals surface area contributed by atoms with Crippen molar-refractivity contribution in [3.05, 3.63) is 29.3 Å². The SMILES string of the molecule is Cc1ccc(CN=C(NCC(=O)N(C)C)NCC2CCOC2)c(OC(C)(C)C)c1.I. The van der Waals surface area contributed by atoms with Crippen molar-refractivity contribution < 1.29 is 14.3 Å². The van der Waals surface area contributed by atoms with Crippen LogP contribution in [0.2, 0.25) is 0 Å². The molecule has 8 heteroatoms. The third-order valence-corrected chi connectivity index (χ3v) is 4.53. The summed E-state index contributed by atoms with van der Waals surface area (Å²) in [5, 5.41) is 6.49. The molecule has 0 saturated carbocycles. The lowest BCUT2D eigenvalue weighted by Gasteiger charge is -2.23. The quantitative estimate of drug-likeness (QED) is 0.321. The zero-order chi connectivity index (χ0) is 21.4. The Morgan fingerprint density at radius 2 is 2.03 bits per heavy atom. The number of likely N-dealkylation sites (N-methyl/N-ethyl adjacent to an activating group) is 1. The summed E-state index contributed by atoms with van der Waals surface area (Å²) in [6.07, 6.45) is 1.04. The highest BCUT2D eigenvalue weighted by Crippen LogP contribution is 2.25. The standard InChI is InChI=1S/C22H36N4O3.HI/c1-16-7-8-18(19(11-16)29-22(2,3)4)13-24-21(25-14-20(27)26(5)6)23-12-17-9-10-28-15-17;/h7-8,11,17H,9-10,12-15H2,1-6H3,(H2,23,24,25);1H. The molecule has 1 heterocycles. The number of hydrogen-bond donors (Lipinski definition) is 2. The van der Waals surface area contributed by atoms with Crippen molar-refractivity contribution in [1.29, 1.82) is 0 Å². The van der Waals surface area contributed by atoms with Gasteiger partial charge < -0.3 is 25.0 Å². The Hall–Kier alpha value is -1.55. The third-order valence-electron chi connectivity index (χ3n) is 4.53. The average Bonchev–Trinajstić information content (AvgIpc) is 3.14. The van der Waals surface area contributed by atoms with Crippen LogP contribution in [-0.2, 0) is 16.1 Å². The van der Waals surface area contributed by atoms with Gasteiger partial charge in [-0.1, -0.05) is 12.1 Å². The largest absolute Gasteiger partial charge is 0.488 e. The Morgan fingerprint density at radius 3 is 2.63 bits per heavy atom. The van der Waals surface area contributed by atoms with E-state index >= 15 is 0 Å². The lowest BCUT2D eigenvalue weighted by Crippen LogP contribution is -2.44. The van der Waals surface area contributed by atoms with Gasteiger partial charge in [-0.25, -0.2) is 4.99 Å². The van der Waals surface area contributed by atoms with E-state index in [-0.39, 0.29) is 42.0 Å². The molecule has 1 fully saturated rings. The smallest absolute Gasteiger partial charge is 0.241 e. The number of hydrogen-bond acceptors (Lipinski definition) is 4. The molecule has 1 aromatic rings. The van der Waals surface area contributed by atoms with Crippen LogP contribution in [-0.4, -0.2) is 62.8 Å². The third kappa shape index (κ3) is 9.51. The molecule has 170 valence electrons. The van der Waals surface area contributed by atoms with Crippen LogP contribution in [0.15, 0.2) is 23.2 Å². The number of ether oxygens (including phenoxy) is 2. The van der Waals surface area contributed by atoms with Crippen molar-refractivity contribution in [3.8, 4) is 5.75 Å². The summed E-state index contributed by atoms with van der Waals surface area (Å²) in [6.45, 7) is 11.1. The zero-order valence-corrected chi connectivity index (χ0v) is 21.4. The van der Waals surface area contributed by atoms with Gasteiger partial charge in [-0.3, -0.25) is 4.79 Å². The molecule has 0 aliphatic carbocycles. The molecule has 2 rings (SSSR count). The second kappa shape index (κ2) is 12.3. The van der Waals surface area contributed by atoms with Crippen LogP contribution in [0.4, 0.5) is 0 Å². The summed E-state index contributed by atoms with van der Waals surface area (Å²) < 4.78 is 11.6. The molecule has 7 nitrogen and oxygen atoms in total. The Bertz CT molecular complexity index is 711. The van der Waals surface area contributed by atoms with Gasteiger partial charge in [0.15, 0.2) is 5.96 Å². The van der Waals surface area contributed by atoms with Crippen LogP contribution in [0.5, 0.6) is 5.75 Å². The maximum atomic E-state index is 12.0. The van der Waals surface area contributed by atoms with Gasteiger partial charge in [0.2, 0.25) is 5.91 Å². The minimum Gasteiger partial charge on any atom is -0.488 e. The second-order valence-corrected chi connectivity index (χ2v) is 8.74. The predicted octanol–water partition coefficient (Wildman–Crippen LogP) is 2.95.